The minimum Gasteiger partial charge on any atom is -0.493 e. The molecule has 2 aromatic rings. The van der Waals surface area contributed by atoms with Crippen LogP contribution in [0.4, 0.5) is 0 Å². The molecule has 0 heterocycles. The molecule has 0 saturated carbocycles. The summed E-state index contributed by atoms with van der Waals surface area (Å²) in [4.78, 5) is 22.2. The maximum Gasteiger partial charge on any atom is 0.330 e. The number of esters is 2. The van der Waals surface area contributed by atoms with Crippen LogP contribution in [0.3, 0.4) is 0 Å². The molecule has 2 aromatic carbocycles. The second-order valence-corrected chi connectivity index (χ2v) is 7.23. The van der Waals surface area contributed by atoms with Crippen LogP contribution in [0, 0.1) is 0 Å². The van der Waals surface area contributed by atoms with E-state index in [2.05, 4.69) is 27.0 Å². The fourth-order valence-electron chi connectivity index (χ4n) is 2.85. The third-order valence-corrected chi connectivity index (χ3v) is 4.77. The molecule has 30 heavy (non-hydrogen) atoms. The fraction of sp³-hybridized carbons (Fsp3) is 0.280. The van der Waals surface area contributed by atoms with E-state index in [9.17, 15) is 9.59 Å². The van der Waals surface area contributed by atoms with Crippen molar-refractivity contribution in [2.75, 3.05) is 13.2 Å². The SMILES string of the molecule is C=CC(=O)OCCCOc1ccc(C(C)(C)c2ccc(COC(=O)C=C)cc2)cc1. The van der Waals surface area contributed by atoms with Crippen molar-refractivity contribution in [2.24, 2.45) is 0 Å². The lowest BCUT2D eigenvalue weighted by Crippen LogP contribution is -2.18. The Morgan fingerprint density at radius 2 is 1.37 bits per heavy atom. The highest BCUT2D eigenvalue weighted by molar-refractivity contribution is 5.81. The Kier molecular flexibility index (Phi) is 8.41. The van der Waals surface area contributed by atoms with E-state index in [1.54, 1.807) is 0 Å². The largest absolute Gasteiger partial charge is 0.493 e. The van der Waals surface area contributed by atoms with E-state index >= 15 is 0 Å². The molecule has 0 saturated heterocycles. The van der Waals surface area contributed by atoms with Crippen LogP contribution in [0.15, 0.2) is 73.8 Å². The molecule has 0 N–H and O–H groups in total. The average molecular weight is 408 g/mol. The third kappa shape index (κ3) is 6.62. The van der Waals surface area contributed by atoms with Gasteiger partial charge < -0.3 is 14.2 Å². The van der Waals surface area contributed by atoms with Gasteiger partial charge in [-0.1, -0.05) is 63.4 Å². The van der Waals surface area contributed by atoms with E-state index in [4.69, 9.17) is 14.2 Å². The Labute approximate surface area is 178 Å². The van der Waals surface area contributed by atoms with Crippen molar-refractivity contribution >= 4 is 11.9 Å². The van der Waals surface area contributed by atoms with Crippen molar-refractivity contribution in [3.63, 3.8) is 0 Å². The normalized spacial score (nSPS) is 10.7. The molecule has 0 aliphatic heterocycles. The third-order valence-electron chi connectivity index (χ3n) is 4.77. The predicted octanol–water partition coefficient (Wildman–Crippen LogP) is 4.74. The molecule has 2 rings (SSSR count). The molecule has 0 aliphatic carbocycles. The molecule has 0 atom stereocenters. The number of benzene rings is 2. The maximum atomic E-state index is 11.2. The summed E-state index contributed by atoms with van der Waals surface area (Å²) in [6, 6.07) is 16.0. The van der Waals surface area contributed by atoms with Gasteiger partial charge in [-0.3, -0.25) is 0 Å². The van der Waals surface area contributed by atoms with Crippen LogP contribution < -0.4 is 4.74 Å². The second kappa shape index (κ2) is 11.0. The molecule has 0 spiro atoms. The van der Waals surface area contributed by atoms with Crippen molar-refractivity contribution in [2.45, 2.75) is 32.3 Å². The first-order valence-corrected chi connectivity index (χ1v) is 9.78. The van der Waals surface area contributed by atoms with Gasteiger partial charge in [0.2, 0.25) is 0 Å². The Bertz CT molecular complexity index is 863. The molecule has 158 valence electrons. The van der Waals surface area contributed by atoms with Gasteiger partial charge in [-0.25, -0.2) is 9.59 Å². The number of hydrogen-bond acceptors (Lipinski definition) is 5. The molecule has 0 amide bonds. The summed E-state index contributed by atoms with van der Waals surface area (Å²) in [5.41, 5.74) is 3.03. The molecule has 0 bridgehead atoms. The van der Waals surface area contributed by atoms with Crippen LogP contribution in [0.25, 0.3) is 0 Å². The smallest absolute Gasteiger partial charge is 0.330 e. The average Bonchev–Trinajstić information content (AvgIpc) is 2.77. The van der Waals surface area contributed by atoms with Gasteiger partial charge in [0.25, 0.3) is 0 Å². The number of ether oxygens (including phenoxy) is 3. The molecule has 0 unspecified atom stereocenters. The van der Waals surface area contributed by atoms with Crippen LogP contribution in [-0.2, 0) is 31.1 Å². The molecule has 0 aliphatic rings. The first-order chi connectivity index (χ1) is 14.4. The van der Waals surface area contributed by atoms with Crippen LogP contribution in [0.5, 0.6) is 5.75 Å². The van der Waals surface area contributed by atoms with Crippen molar-refractivity contribution in [3.8, 4) is 5.75 Å². The zero-order chi connectivity index (χ0) is 22.0. The standard InChI is InChI=1S/C25H28O5/c1-5-23(26)29-17-7-16-28-22-14-12-21(13-15-22)25(3,4)20-10-8-19(9-11-20)18-30-24(27)6-2/h5-6,8-15H,1-2,7,16-18H2,3-4H3. The van der Waals surface area contributed by atoms with Crippen molar-refractivity contribution in [3.05, 3.63) is 90.5 Å². The summed E-state index contributed by atoms with van der Waals surface area (Å²) in [7, 11) is 0. The Morgan fingerprint density at radius 1 is 0.833 bits per heavy atom. The topological polar surface area (TPSA) is 61.8 Å². The zero-order valence-electron chi connectivity index (χ0n) is 17.6. The summed E-state index contributed by atoms with van der Waals surface area (Å²) in [6.45, 7) is 12.0. The highest BCUT2D eigenvalue weighted by atomic mass is 16.5. The van der Waals surface area contributed by atoms with Crippen molar-refractivity contribution < 1.29 is 23.8 Å². The molecule has 0 radical (unpaired) electrons. The number of rotatable bonds is 11. The highest BCUT2D eigenvalue weighted by Gasteiger charge is 2.23. The number of hydrogen-bond donors (Lipinski definition) is 0. The predicted molar refractivity (Wildman–Crippen MR) is 116 cm³/mol. The monoisotopic (exact) mass is 408 g/mol. The van der Waals surface area contributed by atoms with Gasteiger partial charge in [-0.15, -0.1) is 0 Å². The fourth-order valence-corrected chi connectivity index (χ4v) is 2.85. The van der Waals surface area contributed by atoms with E-state index in [1.165, 1.54) is 0 Å². The Morgan fingerprint density at radius 3 is 1.93 bits per heavy atom. The van der Waals surface area contributed by atoms with Gasteiger partial charge >= 0.3 is 11.9 Å². The van der Waals surface area contributed by atoms with Crippen molar-refractivity contribution in [1.29, 1.82) is 0 Å². The first kappa shape index (κ1) is 22.9. The Hall–Kier alpha value is -3.34. The molecule has 5 heteroatoms. The lowest BCUT2D eigenvalue weighted by Gasteiger charge is -2.26. The molecular formula is C25H28O5. The van der Waals surface area contributed by atoms with Crippen LogP contribution >= 0.6 is 0 Å². The lowest BCUT2D eigenvalue weighted by atomic mass is 9.78. The molecule has 5 nitrogen and oxygen atoms in total. The van der Waals surface area contributed by atoms with Gasteiger partial charge in [-0.05, 0) is 28.8 Å². The summed E-state index contributed by atoms with van der Waals surface area (Å²) in [5, 5.41) is 0. The molecule has 0 fully saturated rings. The van der Waals surface area contributed by atoms with E-state index in [1.807, 2.05) is 48.5 Å². The second-order valence-electron chi connectivity index (χ2n) is 7.23. The molecular weight excluding hydrogens is 380 g/mol. The summed E-state index contributed by atoms with van der Waals surface area (Å²) in [6.07, 6.45) is 2.91. The first-order valence-electron chi connectivity index (χ1n) is 9.78. The van der Waals surface area contributed by atoms with Gasteiger partial charge in [-0.2, -0.15) is 0 Å². The number of carbonyl (C=O) groups is 2. The van der Waals surface area contributed by atoms with E-state index in [-0.39, 0.29) is 12.0 Å². The lowest BCUT2D eigenvalue weighted by molar-refractivity contribution is -0.139. The van der Waals surface area contributed by atoms with Gasteiger partial charge in [0, 0.05) is 24.0 Å². The van der Waals surface area contributed by atoms with Crippen LogP contribution in [0.1, 0.15) is 37.0 Å². The maximum absolute atomic E-state index is 11.2. The van der Waals surface area contributed by atoms with Crippen molar-refractivity contribution in [1.82, 2.24) is 0 Å². The quantitative estimate of drug-likeness (QED) is 0.305. The summed E-state index contributed by atoms with van der Waals surface area (Å²) >= 11 is 0. The number of carbonyl (C=O) groups excluding carboxylic acids is 2. The minimum atomic E-state index is -0.431. The van der Waals surface area contributed by atoms with Crippen LogP contribution in [-0.4, -0.2) is 25.2 Å². The van der Waals surface area contributed by atoms with E-state index in [0.717, 1.165) is 34.6 Å². The zero-order valence-corrected chi connectivity index (χ0v) is 17.6. The molecule has 0 aromatic heterocycles. The van der Waals surface area contributed by atoms with E-state index in [0.29, 0.717) is 19.6 Å². The van der Waals surface area contributed by atoms with E-state index < -0.39 is 11.9 Å². The summed E-state index contributed by atoms with van der Waals surface area (Å²) in [5.74, 6) is -0.0872. The van der Waals surface area contributed by atoms with Gasteiger partial charge in [0.05, 0.1) is 13.2 Å². The van der Waals surface area contributed by atoms with Gasteiger partial charge in [0.15, 0.2) is 0 Å². The van der Waals surface area contributed by atoms with Gasteiger partial charge in [0.1, 0.15) is 12.4 Å². The van der Waals surface area contributed by atoms with Crippen LogP contribution in [0.2, 0.25) is 0 Å². The summed E-state index contributed by atoms with van der Waals surface area (Å²) < 4.78 is 15.7. The minimum absolute atomic E-state index is 0.201. The highest BCUT2D eigenvalue weighted by Crippen LogP contribution is 2.32. The Balaban J connectivity index is 1.92.